The normalized spacial score (nSPS) is 50.6. The van der Waals surface area contributed by atoms with Crippen molar-refractivity contribution in [3.63, 3.8) is 0 Å². The maximum Gasteiger partial charge on any atom is 0.303 e. The van der Waals surface area contributed by atoms with Crippen molar-refractivity contribution in [1.82, 2.24) is 0 Å². The summed E-state index contributed by atoms with van der Waals surface area (Å²) in [7, 11) is 0. The number of carbonyl (C=O) groups is 2. The highest BCUT2D eigenvalue weighted by molar-refractivity contribution is 5.67. The molecule has 8 rings (SSSR count). The lowest BCUT2D eigenvalue weighted by molar-refractivity contribution is -0.361. The van der Waals surface area contributed by atoms with Crippen molar-refractivity contribution >= 4 is 11.9 Å². The van der Waals surface area contributed by atoms with E-state index in [1.165, 1.54) is 13.8 Å². The molecule has 0 radical (unpaired) electrons. The minimum Gasteiger partial charge on any atom is -0.456 e. The van der Waals surface area contributed by atoms with Crippen LogP contribution in [-0.2, 0) is 47.5 Å². The van der Waals surface area contributed by atoms with Crippen LogP contribution in [0.15, 0.2) is 0 Å². The number of fused-ring (bicyclic) bond motifs is 2. The molecule has 0 bridgehead atoms. The molecule has 10 N–H and O–H groups in total. The van der Waals surface area contributed by atoms with E-state index in [2.05, 4.69) is 34.6 Å². The number of hydrogen-bond acceptors (Lipinski definition) is 20. The van der Waals surface area contributed by atoms with Gasteiger partial charge in [0.1, 0.15) is 42.7 Å². The third-order valence-corrected chi connectivity index (χ3v) is 19.6. The number of esters is 2. The predicted molar refractivity (Wildman–Crippen MR) is 241 cm³/mol. The molecule has 0 unspecified atom stereocenters. The number of hydrogen-bond donors (Lipinski definition) is 10. The summed E-state index contributed by atoms with van der Waals surface area (Å²) >= 11 is 0. The lowest BCUT2D eigenvalue weighted by atomic mass is 9.41. The minimum absolute atomic E-state index is 0.0184. The Kier molecular flexibility index (Phi) is 15.2. The van der Waals surface area contributed by atoms with E-state index in [0.29, 0.717) is 38.5 Å². The van der Waals surface area contributed by atoms with Crippen LogP contribution in [0.2, 0.25) is 0 Å². The molecule has 25 atom stereocenters. The molecular weight excluding hydrogens is 921 g/mol. The summed E-state index contributed by atoms with van der Waals surface area (Å²) in [5.41, 5.74) is -3.31. The van der Waals surface area contributed by atoms with Gasteiger partial charge in [-0.15, -0.1) is 0 Å². The van der Waals surface area contributed by atoms with Gasteiger partial charge in [-0.2, -0.15) is 0 Å². The van der Waals surface area contributed by atoms with Crippen molar-refractivity contribution in [2.45, 2.75) is 230 Å². The third kappa shape index (κ3) is 8.99. The Morgan fingerprint density at radius 1 is 0.714 bits per heavy atom. The smallest absolute Gasteiger partial charge is 0.303 e. The summed E-state index contributed by atoms with van der Waals surface area (Å²) in [5.74, 6) is -1.79. The number of aliphatic hydroxyl groups excluding tert-OH is 9. The first kappa shape index (κ1) is 54.6. The van der Waals surface area contributed by atoms with Gasteiger partial charge in [-0.25, -0.2) is 0 Å². The minimum atomic E-state index is -1.74. The van der Waals surface area contributed by atoms with E-state index in [0.717, 1.165) is 19.3 Å². The van der Waals surface area contributed by atoms with E-state index in [-0.39, 0.29) is 46.5 Å². The van der Waals surface area contributed by atoms with Gasteiger partial charge in [0.2, 0.25) is 0 Å². The fourth-order valence-corrected chi connectivity index (χ4v) is 16.0. The number of carbonyl (C=O) groups excluding carboxylic acids is 2. The Labute approximate surface area is 410 Å². The molecule has 0 aromatic carbocycles. The van der Waals surface area contributed by atoms with Crippen molar-refractivity contribution in [2.24, 2.45) is 50.7 Å². The topological polar surface area (TPSA) is 310 Å². The highest BCUT2D eigenvalue weighted by atomic mass is 16.8. The van der Waals surface area contributed by atoms with Crippen molar-refractivity contribution in [3.8, 4) is 0 Å². The van der Waals surface area contributed by atoms with Gasteiger partial charge in [0.15, 0.2) is 37.2 Å². The van der Waals surface area contributed by atoms with Crippen molar-refractivity contribution in [2.75, 3.05) is 19.8 Å². The molecule has 402 valence electrons. The van der Waals surface area contributed by atoms with Gasteiger partial charge in [0, 0.05) is 13.8 Å². The zero-order valence-corrected chi connectivity index (χ0v) is 42.2. The lowest BCUT2D eigenvalue weighted by Crippen LogP contribution is -2.65. The highest BCUT2D eigenvalue weighted by Crippen LogP contribution is 2.89. The van der Waals surface area contributed by atoms with Crippen LogP contribution >= 0.6 is 0 Å². The molecule has 3 aliphatic heterocycles. The van der Waals surface area contributed by atoms with Gasteiger partial charge in [0.05, 0.1) is 49.8 Å². The fourth-order valence-electron chi connectivity index (χ4n) is 16.0. The first-order chi connectivity index (χ1) is 32.6. The van der Waals surface area contributed by atoms with Crippen molar-refractivity contribution in [1.29, 1.82) is 0 Å². The molecule has 0 amide bonds. The molecule has 0 aromatic rings. The molecule has 20 nitrogen and oxygen atoms in total. The third-order valence-electron chi connectivity index (χ3n) is 19.6. The quantitative estimate of drug-likeness (QED) is 0.0819. The highest BCUT2D eigenvalue weighted by Gasteiger charge is 2.85. The average Bonchev–Trinajstić information content (AvgIpc) is 3.87. The lowest BCUT2D eigenvalue weighted by Gasteiger charge is -2.65. The van der Waals surface area contributed by atoms with Crippen LogP contribution in [0.3, 0.4) is 0 Å². The van der Waals surface area contributed by atoms with Gasteiger partial charge in [-0.3, -0.25) is 9.59 Å². The SMILES string of the molecule is CC(=O)O[C@@H]1[C@@H](O[C@@H]2OC[C@H](O)[C@H](O)[C@H]2O)[C@H](O[C@H]2CC[C@]34C[C@]35CC[C@]3(C)[C@@H]([C@H](C)CC[C@H](O)C(C)(C)O)[C@@H](O)C[C@@]3(C)[C@@H]5C[C@H](O[C@@H]3O[C@H](CO)[C@@H](O)[C@H](O)[C@H]3O)[C@H]4C2(C)C)OC[C@@H]1OC(C)=O. The molecule has 5 saturated carbocycles. The van der Waals surface area contributed by atoms with E-state index in [1.807, 2.05) is 0 Å². The van der Waals surface area contributed by atoms with E-state index in [9.17, 15) is 60.7 Å². The molecule has 3 heterocycles. The Balaban J connectivity index is 1.13. The summed E-state index contributed by atoms with van der Waals surface area (Å²) in [6.07, 6.45) is -16.3. The second kappa shape index (κ2) is 19.5. The second-order valence-electron chi connectivity index (χ2n) is 24.2. The van der Waals surface area contributed by atoms with Crippen molar-refractivity contribution in [3.05, 3.63) is 0 Å². The van der Waals surface area contributed by atoms with Crippen LogP contribution in [0.25, 0.3) is 0 Å². The van der Waals surface area contributed by atoms with E-state index >= 15 is 0 Å². The zero-order valence-electron chi connectivity index (χ0n) is 42.2. The standard InChI is InChI=1S/C50H82O20/c1-22(10-11-31(56)46(6,7)62)33-25(54)17-48(9)30-16-27(67-43-38(61)36(59)35(58)28(18-51)68-43)41-45(4,5)32(12-13-50(41)21-49(30,50)15-14-47(33,48)8)69-44-40(70-42-37(60)34(57)26(55)19-63-42)39(66-24(3)53)29(20-64-44)65-23(2)52/h22,25-44,51,54-62H,10-21H2,1-9H3/t22-,25+,26+,27+,28-,29+,30+,31+,32+,33+,34+,35-,36+,37-,38-,39+,40-,41+,42+,43-,44+,47-,48+,49+,50-/m1/s1. The van der Waals surface area contributed by atoms with Gasteiger partial charge in [-0.05, 0) is 122 Å². The van der Waals surface area contributed by atoms with Crippen LogP contribution in [-0.4, -0.2) is 193 Å². The molecule has 8 fully saturated rings. The fraction of sp³-hybridized carbons (Fsp3) is 0.960. The van der Waals surface area contributed by atoms with Crippen molar-refractivity contribution < 1.29 is 98.5 Å². The summed E-state index contributed by atoms with van der Waals surface area (Å²) in [4.78, 5) is 25.0. The molecule has 3 saturated heterocycles. The zero-order chi connectivity index (χ0) is 51.4. The Morgan fingerprint density at radius 2 is 1.37 bits per heavy atom. The van der Waals surface area contributed by atoms with Gasteiger partial charge in [0.25, 0.3) is 0 Å². The molecular formula is C50H82O20. The number of aliphatic hydroxyl groups is 10. The first-order valence-corrected chi connectivity index (χ1v) is 25.6. The van der Waals surface area contributed by atoms with Crippen LogP contribution in [0.4, 0.5) is 0 Å². The number of ether oxygens (including phenoxy) is 8. The maximum absolute atomic E-state index is 12.6. The Morgan fingerprint density at radius 3 is 2.01 bits per heavy atom. The molecule has 20 heteroatoms. The Bertz CT molecular complexity index is 1880. The van der Waals surface area contributed by atoms with Gasteiger partial charge in [-0.1, -0.05) is 34.6 Å². The van der Waals surface area contributed by atoms with Gasteiger partial charge >= 0.3 is 11.9 Å². The van der Waals surface area contributed by atoms with E-state index < -0.39 is 146 Å². The van der Waals surface area contributed by atoms with Gasteiger partial charge < -0.3 is 89.0 Å². The average molecular weight is 1000 g/mol. The van der Waals surface area contributed by atoms with Crippen LogP contribution < -0.4 is 0 Å². The second-order valence-corrected chi connectivity index (χ2v) is 24.2. The maximum atomic E-state index is 12.6. The number of rotatable bonds is 14. The first-order valence-electron chi connectivity index (χ1n) is 25.6. The summed E-state index contributed by atoms with van der Waals surface area (Å²) in [6, 6.07) is 0. The molecule has 5 aliphatic carbocycles. The molecule has 8 aliphatic rings. The largest absolute Gasteiger partial charge is 0.456 e. The van der Waals surface area contributed by atoms with E-state index in [4.69, 9.17) is 37.9 Å². The van der Waals surface area contributed by atoms with E-state index in [1.54, 1.807) is 13.8 Å². The summed E-state index contributed by atoms with van der Waals surface area (Å²) < 4.78 is 49.5. The van der Waals surface area contributed by atoms with Crippen LogP contribution in [0, 0.1) is 50.7 Å². The molecule has 70 heavy (non-hydrogen) atoms. The van der Waals surface area contributed by atoms with Crippen LogP contribution in [0.1, 0.15) is 120 Å². The summed E-state index contributed by atoms with van der Waals surface area (Å²) in [6.45, 7) is 15.1. The molecule has 2 spiro atoms. The van der Waals surface area contributed by atoms with Crippen LogP contribution in [0.5, 0.6) is 0 Å². The monoisotopic (exact) mass is 1000 g/mol. The predicted octanol–water partition coefficient (Wildman–Crippen LogP) is 0.169. The molecule has 0 aromatic heterocycles. The summed E-state index contributed by atoms with van der Waals surface area (Å²) in [5, 5.41) is 109. The Hall–Kier alpha value is -1.70.